The van der Waals surface area contributed by atoms with Gasteiger partial charge in [-0.25, -0.2) is 13.8 Å². The molecule has 0 bridgehead atoms. The van der Waals surface area contributed by atoms with Crippen LogP contribution in [0.2, 0.25) is 0 Å². The summed E-state index contributed by atoms with van der Waals surface area (Å²) in [6.45, 7) is 6.27. The van der Waals surface area contributed by atoms with Crippen molar-refractivity contribution in [2.45, 2.75) is 45.2 Å². The molecule has 2 aliphatic rings. The molecule has 5 nitrogen and oxygen atoms in total. The van der Waals surface area contributed by atoms with Crippen molar-refractivity contribution in [1.29, 1.82) is 0 Å². The molecule has 0 aliphatic carbocycles. The molecular formula is C25H32F2N4O. The fourth-order valence-electron chi connectivity index (χ4n) is 4.91. The summed E-state index contributed by atoms with van der Waals surface area (Å²) in [4.78, 5) is 23.5. The number of piperidine rings is 2. The van der Waals surface area contributed by atoms with Gasteiger partial charge in [-0.15, -0.1) is 0 Å². The van der Waals surface area contributed by atoms with Crippen LogP contribution in [0.4, 0.5) is 14.6 Å². The number of pyridine rings is 1. The summed E-state index contributed by atoms with van der Waals surface area (Å²) in [6, 6.07) is 7.90. The lowest BCUT2D eigenvalue weighted by Crippen LogP contribution is -2.49. The highest BCUT2D eigenvalue weighted by atomic mass is 19.1. The molecule has 1 aromatic heterocycles. The average Bonchev–Trinajstić information content (AvgIpc) is 2.81. The fourth-order valence-corrected chi connectivity index (χ4v) is 4.91. The molecule has 7 heteroatoms. The Labute approximate surface area is 189 Å². The number of rotatable bonds is 5. The van der Waals surface area contributed by atoms with E-state index >= 15 is 0 Å². The molecule has 0 radical (unpaired) electrons. The molecule has 3 heterocycles. The average molecular weight is 443 g/mol. The van der Waals surface area contributed by atoms with Gasteiger partial charge in [-0.05, 0) is 62.4 Å². The Bertz CT molecular complexity index is 908. The summed E-state index contributed by atoms with van der Waals surface area (Å²) >= 11 is 0. The summed E-state index contributed by atoms with van der Waals surface area (Å²) in [5.41, 5.74) is 0.548. The molecule has 2 fully saturated rings. The first kappa shape index (κ1) is 22.6. The van der Waals surface area contributed by atoms with Crippen molar-refractivity contribution in [2.75, 3.05) is 38.1 Å². The molecule has 2 aliphatic heterocycles. The predicted octanol–water partition coefficient (Wildman–Crippen LogP) is 4.33. The highest BCUT2D eigenvalue weighted by molar-refractivity contribution is 5.94. The van der Waals surface area contributed by atoms with E-state index in [1.54, 1.807) is 30.3 Å². The smallest absolute Gasteiger partial charge is 0.255 e. The molecule has 2 saturated heterocycles. The maximum Gasteiger partial charge on any atom is 0.255 e. The number of likely N-dealkylation sites (tertiary alicyclic amines) is 2. The van der Waals surface area contributed by atoms with Crippen LogP contribution in [0.25, 0.3) is 0 Å². The number of anilines is 1. The van der Waals surface area contributed by atoms with E-state index in [2.05, 4.69) is 16.8 Å². The van der Waals surface area contributed by atoms with Crippen LogP contribution in [0.1, 0.15) is 48.5 Å². The van der Waals surface area contributed by atoms with Crippen LogP contribution >= 0.6 is 0 Å². The number of hydrogen-bond acceptors (Lipinski definition) is 4. The van der Waals surface area contributed by atoms with Crippen molar-refractivity contribution in [3.63, 3.8) is 0 Å². The predicted molar refractivity (Wildman–Crippen MR) is 122 cm³/mol. The molecule has 172 valence electrons. The van der Waals surface area contributed by atoms with Crippen molar-refractivity contribution < 1.29 is 13.6 Å². The highest BCUT2D eigenvalue weighted by Crippen LogP contribution is 2.24. The topological polar surface area (TPSA) is 39.7 Å². The Morgan fingerprint density at radius 1 is 1.09 bits per heavy atom. The van der Waals surface area contributed by atoms with Crippen LogP contribution in [-0.2, 0) is 6.54 Å². The Balaban J connectivity index is 1.33. The molecule has 4 rings (SSSR count). The van der Waals surface area contributed by atoms with Gasteiger partial charge >= 0.3 is 0 Å². The number of benzene rings is 1. The molecule has 1 aromatic carbocycles. The van der Waals surface area contributed by atoms with E-state index in [0.29, 0.717) is 17.4 Å². The van der Waals surface area contributed by atoms with Gasteiger partial charge in [0.25, 0.3) is 5.91 Å². The Hall–Kier alpha value is -2.54. The largest absolute Gasteiger partial charge is 0.355 e. The van der Waals surface area contributed by atoms with E-state index in [-0.39, 0.29) is 18.0 Å². The van der Waals surface area contributed by atoms with Crippen molar-refractivity contribution >= 4 is 11.7 Å². The van der Waals surface area contributed by atoms with Gasteiger partial charge in [-0.2, -0.15) is 0 Å². The molecule has 1 atom stereocenters. The summed E-state index contributed by atoms with van der Waals surface area (Å²) in [7, 11) is 1.72. The van der Waals surface area contributed by atoms with Gasteiger partial charge in [-0.3, -0.25) is 9.69 Å². The quantitative estimate of drug-likeness (QED) is 0.691. The van der Waals surface area contributed by atoms with Gasteiger partial charge in [0, 0.05) is 51.0 Å². The lowest BCUT2D eigenvalue weighted by molar-refractivity contribution is 0.0541. The number of nitrogens with zero attached hydrogens (tertiary/aromatic N) is 4. The number of amides is 1. The van der Waals surface area contributed by atoms with E-state index in [9.17, 15) is 13.6 Å². The second-order valence-electron chi connectivity index (χ2n) is 9.23. The molecule has 32 heavy (non-hydrogen) atoms. The Kier molecular flexibility index (Phi) is 7.04. The fraction of sp³-hybridized carbons (Fsp3) is 0.520. The molecule has 0 unspecified atom stereocenters. The van der Waals surface area contributed by atoms with E-state index < -0.39 is 11.6 Å². The third kappa shape index (κ3) is 5.09. The van der Waals surface area contributed by atoms with Crippen LogP contribution in [0.3, 0.4) is 0 Å². The third-order valence-electron chi connectivity index (χ3n) is 6.80. The highest BCUT2D eigenvalue weighted by Gasteiger charge is 2.29. The second kappa shape index (κ2) is 9.94. The number of hydrogen-bond donors (Lipinski definition) is 0. The van der Waals surface area contributed by atoms with Crippen molar-refractivity contribution in [2.24, 2.45) is 5.92 Å². The van der Waals surface area contributed by atoms with Gasteiger partial charge in [0.05, 0.1) is 5.56 Å². The van der Waals surface area contributed by atoms with Gasteiger partial charge in [0.2, 0.25) is 0 Å². The van der Waals surface area contributed by atoms with Crippen LogP contribution in [0, 0.1) is 17.6 Å². The van der Waals surface area contributed by atoms with Crippen molar-refractivity contribution in [3.8, 4) is 0 Å². The zero-order valence-electron chi connectivity index (χ0n) is 18.9. The molecular weight excluding hydrogens is 410 g/mol. The first-order valence-corrected chi connectivity index (χ1v) is 11.6. The lowest BCUT2D eigenvalue weighted by atomic mass is 9.95. The Morgan fingerprint density at radius 3 is 2.44 bits per heavy atom. The third-order valence-corrected chi connectivity index (χ3v) is 6.80. The number of carbonyl (C=O) groups excluding carboxylic acids is 1. The normalized spacial score (nSPS) is 20.4. The minimum atomic E-state index is -0.578. The maximum absolute atomic E-state index is 13.9. The van der Waals surface area contributed by atoms with E-state index in [1.807, 2.05) is 4.90 Å². The number of aromatic nitrogens is 1. The van der Waals surface area contributed by atoms with E-state index in [4.69, 9.17) is 0 Å². The standard InChI is InChI=1S/C25H32F2N4O/c1-18-5-4-12-31(16-18)20-10-13-30(14-11-20)25(32)19-8-9-24(28-15-19)29(2)17-21-22(26)6-3-7-23(21)27/h3,6-9,15,18,20H,4-5,10-14,16-17H2,1-2H3/t18-/m1/s1. The second-order valence-corrected chi connectivity index (χ2v) is 9.23. The molecule has 0 saturated carbocycles. The molecule has 2 aromatic rings. The molecule has 1 amide bonds. The SMILES string of the molecule is C[C@@H]1CCCN(C2CCN(C(=O)c3ccc(N(C)Cc4c(F)cccc4F)nc3)CC2)C1. The first-order valence-electron chi connectivity index (χ1n) is 11.6. The zero-order valence-corrected chi connectivity index (χ0v) is 18.9. The molecule has 0 N–H and O–H groups in total. The minimum absolute atomic E-state index is 0.00249. The molecule has 0 spiro atoms. The summed E-state index contributed by atoms with van der Waals surface area (Å²) in [5, 5.41) is 0. The first-order chi connectivity index (χ1) is 15.4. The van der Waals surface area contributed by atoms with Crippen LogP contribution in [0.15, 0.2) is 36.5 Å². The monoisotopic (exact) mass is 442 g/mol. The van der Waals surface area contributed by atoms with Crippen LogP contribution in [-0.4, -0.2) is 60.0 Å². The van der Waals surface area contributed by atoms with Crippen molar-refractivity contribution in [3.05, 3.63) is 59.3 Å². The summed E-state index contributed by atoms with van der Waals surface area (Å²) in [5.74, 6) is 0.164. The Morgan fingerprint density at radius 2 is 1.81 bits per heavy atom. The maximum atomic E-state index is 13.9. The van der Waals surface area contributed by atoms with Gasteiger partial charge in [-0.1, -0.05) is 13.0 Å². The van der Waals surface area contributed by atoms with Gasteiger partial charge < -0.3 is 9.80 Å². The van der Waals surface area contributed by atoms with Crippen LogP contribution in [0.5, 0.6) is 0 Å². The van der Waals surface area contributed by atoms with Gasteiger partial charge in [0.1, 0.15) is 17.5 Å². The van der Waals surface area contributed by atoms with Gasteiger partial charge in [0.15, 0.2) is 0 Å². The number of halogens is 2. The van der Waals surface area contributed by atoms with Crippen molar-refractivity contribution in [1.82, 2.24) is 14.8 Å². The minimum Gasteiger partial charge on any atom is -0.355 e. The summed E-state index contributed by atoms with van der Waals surface area (Å²) < 4.78 is 27.9. The zero-order chi connectivity index (χ0) is 22.7. The van der Waals surface area contributed by atoms with Crippen LogP contribution < -0.4 is 4.90 Å². The van der Waals surface area contributed by atoms with E-state index in [0.717, 1.165) is 31.8 Å². The lowest BCUT2D eigenvalue weighted by Gasteiger charge is -2.41. The summed E-state index contributed by atoms with van der Waals surface area (Å²) in [6.07, 6.45) is 6.18. The van der Waals surface area contributed by atoms with E-state index in [1.165, 1.54) is 44.1 Å². The number of carbonyl (C=O) groups is 1.